The third kappa shape index (κ3) is 3.14. The predicted molar refractivity (Wildman–Crippen MR) is 64.5 cm³/mol. The van der Waals surface area contributed by atoms with Gasteiger partial charge in [-0.2, -0.15) is 0 Å². The van der Waals surface area contributed by atoms with E-state index >= 15 is 0 Å². The molecule has 0 amide bonds. The van der Waals surface area contributed by atoms with E-state index in [1.54, 1.807) is 0 Å². The summed E-state index contributed by atoms with van der Waals surface area (Å²) in [6.45, 7) is 0. The van der Waals surface area contributed by atoms with Gasteiger partial charge in [-0.1, -0.05) is 51.0 Å². The zero-order valence-electron chi connectivity index (χ0n) is 8.28. The fourth-order valence-corrected chi connectivity index (χ4v) is 2.43. The van der Waals surface area contributed by atoms with Crippen LogP contribution in [0.4, 0.5) is 4.39 Å². The van der Waals surface area contributed by atoms with Crippen molar-refractivity contribution in [1.29, 1.82) is 0 Å². The zero-order valence-corrected chi connectivity index (χ0v) is 9.28. The number of rotatable bonds is 3. The molecule has 1 atom stereocenters. The minimum Gasteiger partial charge on any atom is -0.207 e. The summed E-state index contributed by atoms with van der Waals surface area (Å²) in [6.07, 6.45) is 0.990. The summed E-state index contributed by atoms with van der Waals surface area (Å²) < 4.78 is 12.7. The molecule has 0 radical (unpaired) electrons. The maximum Gasteiger partial charge on any atom is 0.123 e. The van der Waals surface area contributed by atoms with Crippen molar-refractivity contribution >= 4 is 13.9 Å². The van der Waals surface area contributed by atoms with Crippen molar-refractivity contribution < 1.29 is 4.39 Å². The van der Waals surface area contributed by atoms with Crippen molar-refractivity contribution in [2.24, 2.45) is 0 Å². The third-order valence-corrected chi connectivity index (χ3v) is 3.51. The highest BCUT2D eigenvalue weighted by Gasteiger charge is 1.95. The highest BCUT2D eigenvalue weighted by molar-refractivity contribution is 7.46. The molecular formula is C13H12FP. The Kier molecular flexibility index (Phi) is 3.47. The molecule has 76 valence electrons. The Balaban J connectivity index is 1.96. The first-order valence-corrected chi connectivity index (χ1v) is 6.09. The van der Waals surface area contributed by atoms with E-state index in [9.17, 15) is 4.39 Å². The second-order valence-corrected chi connectivity index (χ2v) is 4.63. The van der Waals surface area contributed by atoms with Crippen molar-refractivity contribution in [3.63, 3.8) is 0 Å². The molecule has 2 rings (SSSR count). The third-order valence-electron chi connectivity index (χ3n) is 2.18. The Bertz CT molecular complexity index is 408. The van der Waals surface area contributed by atoms with Gasteiger partial charge in [-0.15, -0.1) is 0 Å². The fraction of sp³-hybridized carbons (Fsp3) is 0.0769. The van der Waals surface area contributed by atoms with Crippen molar-refractivity contribution in [3.05, 3.63) is 66.0 Å². The van der Waals surface area contributed by atoms with E-state index in [1.807, 2.05) is 30.3 Å². The normalized spacial score (nSPS) is 11.0. The first-order chi connectivity index (χ1) is 7.34. The number of halogens is 1. The highest BCUT2D eigenvalue weighted by Crippen LogP contribution is 2.18. The van der Waals surface area contributed by atoms with Crippen LogP contribution in [0.2, 0.25) is 0 Å². The smallest absolute Gasteiger partial charge is 0.123 e. The van der Waals surface area contributed by atoms with Gasteiger partial charge in [-0.3, -0.25) is 0 Å². The van der Waals surface area contributed by atoms with Gasteiger partial charge in [-0.25, -0.2) is 4.39 Å². The molecule has 0 N–H and O–H groups in total. The maximum absolute atomic E-state index is 12.7. The van der Waals surface area contributed by atoms with Gasteiger partial charge in [0.15, 0.2) is 0 Å². The topological polar surface area (TPSA) is 0 Å². The van der Waals surface area contributed by atoms with Crippen molar-refractivity contribution in [2.75, 3.05) is 0 Å². The van der Waals surface area contributed by atoms with E-state index in [1.165, 1.54) is 23.0 Å². The van der Waals surface area contributed by atoms with Crippen LogP contribution in [0.25, 0.3) is 0 Å². The molecule has 2 aromatic rings. The average molecular weight is 218 g/mol. The predicted octanol–water partition coefficient (Wildman–Crippen LogP) is 3.33. The lowest BCUT2D eigenvalue weighted by atomic mass is 10.2. The first-order valence-electron chi connectivity index (χ1n) is 4.88. The Hall–Kier alpha value is -1.20. The molecule has 0 aromatic heterocycles. The minimum atomic E-state index is -0.165. The lowest BCUT2D eigenvalue weighted by Crippen LogP contribution is -1.92. The van der Waals surface area contributed by atoms with Crippen molar-refractivity contribution in [2.45, 2.75) is 6.16 Å². The van der Waals surface area contributed by atoms with Crippen molar-refractivity contribution in [3.8, 4) is 0 Å². The molecule has 0 bridgehead atoms. The van der Waals surface area contributed by atoms with Crippen LogP contribution in [0.15, 0.2) is 54.6 Å². The van der Waals surface area contributed by atoms with Gasteiger partial charge in [0.2, 0.25) is 0 Å². The van der Waals surface area contributed by atoms with E-state index in [2.05, 4.69) is 12.1 Å². The van der Waals surface area contributed by atoms with Gasteiger partial charge >= 0.3 is 0 Å². The Labute approximate surface area is 90.9 Å². The van der Waals surface area contributed by atoms with E-state index < -0.39 is 0 Å². The van der Waals surface area contributed by atoms with E-state index in [0.717, 1.165) is 14.7 Å². The van der Waals surface area contributed by atoms with Crippen LogP contribution in [0.5, 0.6) is 0 Å². The van der Waals surface area contributed by atoms with Crippen LogP contribution < -0.4 is 5.30 Å². The first kappa shape index (κ1) is 10.3. The second kappa shape index (κ2) is 5.04. The van der Waals surface area contributed by atoms with E-state index in [0.29, 0.717) is 0 Å². The SMILES string of the molecule is Fc1ccc(CPc2ccccc2)cc1. The van der Waals surface area contributed by atoms with Gasteiger partial charge < -0.3 is 0 Å². The van der Waals surface area contributed by atoms with Gasteiger partial charge in [0.05, 0.1) is 0 Å². The quantitative estimate of drug-likeness (QED) is 0.693. The molecule has 0 saturated heterocycles. The number of benzene rings is 2. The molecule has 0 saturated carbocycles. The van der Waals surface area contributed by atoms with Gasteiger partial charge in [-0.05, 0) is 29.2 Å². The molecule has 0 aliphatic rings. The lowest BCUT2D eigenvalue weighted by molar-refractivity contribution is 0.627. The molecule has 0 spiro atoms. The van der Waals surface area contributed by atoms with E-state index in [-0.39, 0.29) is 5.82 Å². The Morgan fingerprint density at radius 2 is 1.53 bits per heavy atom. The largest absolute Gasteiger partial charge is 0.207 e. The molecule has 0 aliphatic heterocycles. The Morgan fingerprint density at radius 3 is 2.20 bits per heavy atom. The molecule has 15 heavy (non-hydrogen) atoms. The molecule has 0 heterocycles. The molecule has 2 aromatic carbocycles. The van der Waals surface area contributed by atoms with E-state index in [4.69, 9.17) is 0 Å². The van der Waals surface area contributed by atoms with Crippen LogP contribution in [0, 0.1) is 5.82 Å². The fourth-order valence-electron chi connectivity index (χ4n) is 1.36. The Morgan fingerprint density at radius 1 is 0.867 bits per heavy atom. The maximum atomic E-state index is 12.7. The molecule has 0 aliphatic carbocycles. The second-order valence-electron chi connectivity index (χ2n) is 3.35. The van der Waals surface area contributed by atoms with Crippen LogP contribution >= 0.6 is 8.58 Å². The highest BCUT2D eigenvalue weighted by atomic mass is 31.1. The molecular weight excluding hydrogens is 206 g/mol. The minimum absolute atomic E-state index is 0.165. The van der Waals surface area contributed by atoms with Crippen LogP contribution in [-0.2, 0) is 6.16 Å². The van der Waals surface area contributed by atoms with Crippen molar-refractivity contribution in [1.82, 2.24) is 0 Å². The van der Waals surface area contributed by atoms with Gasteiger partial charge in [0.25, 0.3) is 0 Å². The summed E-state index contributed by atoms with van der Waals surface area (Å²) in [5.41, 5.74) is 1.19. The summed E-state index contributed by atoms with van der Waals surface area (Å²) in [4.78, 5) is 0. The summed E-state index contributed by atoms with van der Waals surface area (Å²) in [7, 11) is 0.756. The summed E-state index contributed by atoms with van der Waals surface area (Å²) in [5, 5.41) is 1.35. The summed E-state index contributed by atoms with van der Waals surface area (Å²) in [6, 6.07) is 17.1. The monoisotopic (exact) mass is 218 g/mol. The number of hydrogen-bond donors (Lipinski definition) is 0. The van der Waals surface area contributed by atoms with Crippen LogP contribution in [0.1, 0.15) is 5.56 Å². The van der Waals surface area contributed by atoms with Crippen LogP contribution in [-0.4, -0.2) is 0 Å². The standard InChI is InChI=1S/C13H12FP/c14-12-8-6-11(7-9-12)10-15-13-4-2-1-3-5-13/h1-9,15H,10H2. The van der Waals surface area contributed by atoms with Crippen LogP contribution in [0.3, 0.4) is 0 Å². The summed E-state index contributed by atoms with van der Waals surface area (Å²) in [5.74, 6) is -0.165. The molecule has 0 nitrogen and oxygen atoms in total. The van der Waals surface area contributed by atoms with Gasteiger partial charge in [0.1, 0.15) is 5.82 Å². The molecule has 2 heteroatoms. The lowest BCUT2D eigenvalue weighted by Gasteiger charge is -2.01. The zero-order chi connectivity index (χ0) is 10.5. The van der Waals surface area contributed by atoms with Gasteiger partial charge in [0, 0.05) is 0 Å². The molecule has 0 fully saturated rings. The number of hydrogen-bond acceptors (Lipinski definition) is 0. The average Bonchev–Trinajstić information content (AvgIpc) is 2.30. The molecule has 1 unspecified atom stereocenters. The summed E-state index contributed by atoms with van der Waals surface area (Å²) >= 11 is 0.